The van der Waals surface area contributed by atoms with Crippen molar-refractivity contribution < 1.29 is 19.8 Å². The summed E-state index contributed by atoms with van der Waals surface area (Å²) in [6.45, 7) is 0. The molecule has 0 aliphatic heterocycles. The zero-order valence-corrected chi connectivity index (χ0v) is 9.81. The van der Waals surface area contributed by atoms with E-state index in [4.69, 9.17) is 15.9 Å². The van der Waals surface area contributed by atoms with Crippen LogP contribution in [0, 0.1) is 0 Å². The van der Waals surface area contributed by atoms with Crippen LogP contribution in [0.1, 0.15) is 16.8 Å². The van der Waals surface area contributed by atoms with E-state index in [1.165, 1.54) is 17.8 Å². The number of rotatable bonds is 6. The van der Waals surface area contributed by atoms with Crippen LogP contribution in [0.3, 0.4) is 0 Å². The summed E-state index contributed by atoms with van der Waals surface area (Å²) in [7, 11) is 0. The van der Waals surface area contributed by atoms with Gasteiger partial charge < -0.3 is 15.9 Å². The average Bonchev–Trinajstić information content (AvgIpc) is 2.29. The van der Waals surface area contributed by atoms with E-state index in [0.29, 0.717) is 17.1 Å². The number of aliphatic carboxylic acids is 1. The monoisotopic (exact) mass is 255 g/mol. The first-order valence-electron chi connectivity index (χ1n) is 4.96. The Balaban J connectivity index is 2.58. The Morgan fingerprint density at radius 3 is 2.53 bits per heavy atom. The highest BCUT2D eigenvalue weighted by Gasteiger charge is 2.13. The maximum Gasteiger partial charge on any atom is 0.336 e. The molecule has 0 aromatic heterocycles. The second-order valence-corrected chi connectivity index (χ2v) is 4.52. The van der Waals surface area contributed by atoms with Crippen molar-refractivity contribution in [2.45, 2.75) is 17.4 Å². The van der Waals surface area contributed by atoms with Crippen LogP contribution in [0.5, 0.6) is 0 Å². The smallest absolute Gasteiger partial charge is 0.336 e. The van der Waals surface area contributed by atoms with Crippen LogP contribution in [-0.4, -0.2) is 33.9 Å². The fourth-order valence-electron chi connectivity index (χ4n) is 1.19. The minimum Gasteiger partial charge on any atom is -0.480 e. The Hall–Kier alpha value is -1.53. The molecule has 0 amide bonds. The number of aromatic carboxylic acids is 1. The van der Waals surface area contributed by atoms with Crippen molar-refractivity contribution in [3.8, 4) is 0 Å². The zero-order chi connectivity index (χ0) is 12.8. The van der Waals surface area contributed by atoms with Gasteiger partial charge in [-0.15, -0.1) is 11.8 Å². The largest absolute Gasteiger partial charge is 0.480 e. The predicted octanol–water partition coefficient (Wildman–Crippen LogP) is 1.28. The third-order valence-corrected chi connectivity index (χ3v) is 3.23. The molecule has 1 aromatic rings. The lowest BCUT2D eigenvalue weighted by atomic mass is 10.2. The van der Waals surface area contributed by atoms with Gasteiger partial charge in [0.1, 0.15) is 6.04 Å². The second-order valence-electron chi connectivity index (χ2n) is 3.38. The summed E-state index contributed by atoms with van der Waals surface area (Å²) in [5, 5.41) is 17.5. The van der Waals surface area contributed by atoms with Gasteiger partial charge in [-0.25, -0.2) is 4.79 Å². The molecule has 1 atom stereocenters. The number of hydrogen-bond donors (Lipinski definition) is 3. The van der Waals surface area contributed by atoms with Gasteiger partial charge in [0.25, 0.3) is 0 Å². The first-order chi connectivity index (χ1) is 8.02. The quantitative estimate of drug-likeness (QED) is 0.662. The Kier molecular flexibility index (Phi) is 4.99. The summed E-state index contributed by atoms with van der Waals surface area (Å²) in [6, 6.07) is 5.70. The van der Waals surface area contributed by atoms with Crippen LogP contribution in [0.2, 0.25) is 0 Å². The number of carboxylic acids is 2. The van der Waals surface area contributed by atoms with E-state index in [1.807, 2.05) is 0 Å². The van der Waals surface area contributed by atoms with E-state index in [2.05, 4.69) is 0 Å². The first-order valence-corrected chi connectivity index (χ1v) is 5.94. The van der Waals surface area contributed by atoms with E-state index in [9.17, 15) is 9.59 Å². The van der Waals surface area contributed by atoms with E-state index >= 15 is 0 Å². The summed E-state index contributed by atoms with van der Waals surface area (Å²) in [5.74, 6) is -1.56. The predicted molar refractivity (Wildman–Crippen MR) is 64.4 cm³/mol. The van der Waals surface area contributed by atoms with Crippen molar-refractivity contribution in [2.75, 3.05) is 5.75 Å². The maximum absolute atomic E-state index is 10.9. The first kappa shape index (κ1) is 13.5. The Bertz CT molecular complexity index is 422. The molecule has 0 bridgehead atoms. The summed E-state index contributed by atoms with van der Waals surface area (Å²) < 4.78 is 0. The van der Waals surface area contributed by atoms with Crippen molar-refractivity contribution in [3.05, 3.63) is 29.8 Å². The summed E-state index contributed by atoms with van der Waals surface area (Å²) in [5.41, 5.74) is 5.57. The molecule has 0 radical (unpaired) electrons. The molecule has 0 unspecified atom stereocenters. The molecule has 1 rings (SSSR count). The molecule has 0 spiro atoms. The van der Waals surface area contributed by atoms with E-state index in [0.717, 1.165) is 0 Å². The highest BCUT2D eigenvalue weighted by molar-refractivity contribution is 7.99. The van der Waals surface area contributed by atoms with Crippen LogP contribution in [-0.2, 0) is 4.79 Å². The Morgan fingerprint density at radius 1 is 1.29 bits per heavy atom. The molecule has 0 aliphatic rings. The molecule has 0 heterocycles. The van der Waals surface area contributed by atoms with Gasteiger partial charge >= 0.3 is 11.9 Å². The third-order valence-electron chi connectivity index (χ3n) is 2.12. The van der Waals surface area contributed by atoms with Gasteiger partial charge in [-0.1, -0.05) is 12.1 Å². The molecule has 0 aliphatic carbocycles. The number of carboxylic acid groups (broad SMARTS) is 2. The third kappa shape index (κ3) is 4.08. The molecule has 92 valence electrons. The molecule has 0 fully saturated rings. The molecule has 6 heteroatoms. The number of benzene rings is 1. The van der Waals surface area contributed by atoms with Gasteiger partial charge in [0.15, 0.2) is 0 Å². The van der Waals surface area contributed by atoms with Crippen LogP contribution in [0.25, 0.3) is 0 Å². The lowest BCUT2D eigenvalue weighted by molar-refractivity contribution is -0.138. The van der Waals surface area contributed by atoms with Gasteiger partial charge in [-0.3, -0.25) is 4.79 Å². The SMILES string of the molecule is N[C@@H](CCSc1ccccc1C(=O)O)C(=O)O. The van der Waals surface area contributed by atoms with Crippen molar-refractivity contribution in [1.29, 1.82) is 0 Å². The van der Waals surface area contributed by atoms with Crippen LogP contribution >= 0.6 is 11.8 Å². The van der Waals surface area contributed by atoms with Crippen LogP contribution < -0.4 is 5.73 Å². The Labute approximate surface area is 103 Å². The lowest BCUT2D eigenvalue weighted by Crippen LogP contribution is -2.30. The molecule has 0 saturated heterocycles. The molecular weight excluding hydrogens is 242 g/mol. The highest BCUT2D eigenvalue weighted by Crippen LogP contribution is 2.23. The standard InChI is InChI=1S/C11H13NO4S/c12-8(11(15)16)5-6-17-9-4-2-1-3-7(9)10(13)14/h1-4,8H,5-6,12H2,(H,13,14)(H,15,16)/t8-/m0/s1. The highest BCUT2D eigenvalue weighted by atomic mass is 32.2. The van der Waals surface area contributed by atoms with E-state index in [1.54, 1.807) is 18.2 Å². The maximum atomic E-state index is 10.9. The number of thioether (sulfide) groups is 1. The number of nitrogens with two attached hydrogens (primary N) is 1. The van der Waals surface area contributed by atoms with Gasteiger partial charge in [-0.2, -0.15) is 0 Å². The number of carbonyl (C=O) groups is 2. The van der Waals surface area contributed by atoms with Crippen molar-refractivity contribution in [2.24, 2.45) is 5.73 Å². The molecule has 17 heavy (non-hydrogen) atoms. The van der Waals surface area contributed by atoms with Gasteiger partial charge in [0.2, 0.25) is 0 Å². The van der Waals surface area contributed by atoms with Crippen molar-refractivity contribution in [3.63, 3.8) is 0 Å². The van der Waals surface area contributed by atoms with Crippen molar-refractivity contribution >= 4 is 23.7 Å². The fourth-order valence-corrected chi connectivity index (χ4v) is 2.27. The average molecular weight is 255 g/mol. The van der Waals surface area contributed by atoms with Gasteiger partial charge in [-0.05, 0) is 18.6 Å². The lowest BCUT2D eigenvalue weighted by Gasteiger charge is -2.07. The minimum absolute atomic E-state index is 0.224. The summed E-state index contributed by atoms with van der Waals surface area (Å²) in [6.07, 6.45) is 0.300. The van der Waals surface area contributed by atoms with E-state index < -0.39 is 18.0 Å². The van der Waals surface area contributed by atoms with Crippen LogP contribution in [0.15, 0.2) is 29.2 Å². The second kappa shape index (κ2) is 6.27. The van der Waals surface area contributed by atoms with Gasteiger partial charge in [0.05, 0.1) is 5.56 Å². The molecular formula is C11H13NO4S. The van der Waals surface area contributed by atoms with Crippen molar-refractivity contribution in [1.82, 2.24) is 0 Å². The minimum atomic E-state index is -1.04. The molecule has 4 N–H and O–H groups in total. The normalized spacial score (nSPS) is 12.1. The van der Waals surface area contributed by atoms with Gasteiger partial charge in [0, 0.05) is 10.6 Å². The Morgan fingerprint density at radius 2 is 1.94 bits per heavy atom. The fraction of sp³-hybridized carbons (Fsp3) is 0.273. The zero-order valence-electron chi connectivity index (χ0n) is 9.00. The number of hydrogen-bond acceptors (Lipinski definition) is 4. The van der Waals surface area contributed by atoms with Crippen LogP contribution in [0.4, 0.5) is 0 Å². The summed E-state index contributed by atoms with van der Waals surface area (Å²) >= 11 is 1.30. The molecule has 1 aromatic carbocycles. The topological polar surface area (TPSA) is 101 Å². The van der Waals surface area contributed by atoms with E-state index in [-0.39, 0.29) is 5.56 Å². The molecule has 5 nitrogen and oxygen atoms in total. The summed E-state index contributed by atoms with van der Waals surface area (Å²) in [4.78, 5) is 22.0. The molecule has 0 saturated carbocycles.